The summed E-state index contributed by atoms with van der Waals surface area (Å²) in [5.74, 6) is 1.31. The normalized spacial score (nSPS) is 14.4. The minimum Gasteiger partial charge on any atom is -0.312 e. The van der Waals surface area contributed by atoms with Crippen molar-refractivity contribution in [3.8, 4) is 11.4 Å². The van der Waals surface area contributed by atoms with Gasteiger partial charge in [0.1, 0.15) is 0 Å². The van der Waals surface area contributed by atoms with Crippen LogP contribution in [0.3, 0.4) is 0 Å². The van der Waals surface area contributed by atoms with Gasteiger partial charge in [0.2, 0.25) is 0 Å². The van der Waals surface area contributed by atoms with E-state index in [1.807, 2.05) is 0 Å². The maximum Gasteiger partial charge on any atom is 0.159 e. The first-order valence-electron chi connectivity index (χ1n) is 7.33. The van der Waals surface area contributed by atoms with Crippen LogP contribution >= 0.6 is 0 Å². The lowest BCUT2D eigenvalue weighted by atomic mass is 9.97. The summed E-state index contributed by atoms with van der Waals surface area (Å²) in [6.07, 6.45) is 0.996. The van der Waals surface area contributed by atoms with Gasteiger partial charge in [-0.05, 0) is 18.4 Å². The highest BCUT2D eigenvalue weighted by Gasteiger charge is 2.20. The van der Waals surface area contributed by atoms with Crippen molar-refractivity contribution in [2.75, 3.05) is 6.54 Å². The van der Waals surface area contributed by atoms with Gasteiger partial charge in [-0.3, -0.25) is 0 Å². The monoisotopic (exact) mass is 267 g/mol. The van der Waals surface area contributed by atoms with Gasteiger partial charge in [0.15, 0.2) is 5.82 Å². The molecule has 1 aliphatic heterocycles. The van der Waals surface area contributed by atoms with Gasteiger partial charge >= 0.3 is 0 Å². The molecule has 0 radical (unpaired) electrons. The summed E-state index contributed by atoms with van der Waals surface area (Å²) in [5, 5.41) is 3.43. The molecule has 0 fully saturated rings. The van der Waals surface area contributed by atoms with Gasteiger partial charge in [0, 0.05) is 30.6 Å². The number of nitrogens with zero attached hydrogens (tertiary/aromatic N) is 2. The quantitative estimate of drug-likeness (QED) is 0.908. The smallest absolute Gasteiger partial charge is 0.159 e. The van der Waals surface area contributed by atoms with Gasteiger partial charge in [-0.15, -0.1) is 0 Å². The van der Waals surface area contributed by atoms with Crippen molar-refractivity contribution in [3.63, 3.8) is 0 Å². The molecule has 104 valence electrons. The van der Waals surface area contributed by atoms with Crippen LogP contribution in [0, 0.1) is 6.92 Å². The predicted octanol–water partition coefficient (Wildman–Crippen LogP) is 3.22. The highest BCUT2D eigenvalue weighted by molar-refractivity contribution is 5.60. The first-order chi connectivity index (χ1) is 9.66. The summed E-state index contributed by atoms with van der Waals surface area (Å²) in [6, 6.07) is 8.35. The number of aryl methyl sites for hydroxylation is 1. The summed E-state index contributed by atoms with van der Waals surface area (Å²) in [7, 11) is 0. The second-order valence-corrected chi connectivity index (χ2v) is 5.75. The first-order valence-corrected chi connectivity index (χ1v) is 7.33. The van der Waals surface area contributed by atoms with E-state index < -0.39 is 0 Å². The van der Waals surface area contributed by atoms with Crippen LogP contribution in [0.15, 0.2) is 24.3 Å². The molecule has 2 aromatic rings. The molecule has 20 heavy (non-hydrogen) atoms. The Kier molecular flexibility index (Phi) is 3.53. The fraction of sp³-hybridized carbons (Fsp3) is 0.412. The zero-order chi connectivity index (χ0) is 14.1. The van der Waals surface area contributed by atoms with Crippen LogP contribution in [-0.4, -0.2) is 16.5 Å². The predicted molar refractivity (Wildman–Crippen MR) is 81.7 cm³/mol. The zero-order valence-corrected chi connectivity index (χ0v) is 12.4. The van der Waals surface area contributed by atoms with E-state index in [1.54, 1.807) is 0 Å². The zero-order valence-electron chi connectivity index (χ0n) is 12.4. The standard InChI is InChI=1S/C17H21N3/c1-11(2)16-14-10-18-9-8-15(14)19-17(20-16)13-7-5-4-6-12(13)3/h4-7,11,18H,8-10H2,1-3H3. The fourth-order valence-corrected chi connectivity index (χ4v) is 2.79. The molecule has 2 heterocycles. The minimum absolute atomic E-state index is 0.425. The largest absolute Gasteiger partial charge is 0.312 e. The van der Waals surface area contributed by atoms with Crippen molar-refractivity contribution in [1.29, 1.82) is 0 Å². The van der Waals surface area contributed by atoms with E-state index in [2.05, 4.69) is 50.4 Å². The topological polar surface area (TPSA) is 37.8 Å². The maximum absolute atomic E-state index is 4.87. The van der Waals surface area contributed by atoms with Crippen molar-refractivity contribution in [3.05, 3.63) is 46.8 Å². The molecule has 1 aliphatic rings. The van der Waals surface area contributed by atoms with Crippen LogP contribution in [0.2, 0.25) is 0 Å². The molecule has 0 spiro atoms. The Morgan fingerprint density at radius 2 is 1.95 bits per heavy atom. The number of benzene rings is 1. The van der Waals surface area contributed by atoms with Crippen LogP contribution in [-0.2, 0) is 13.0 Å². The van der Waals surface area contributed by atoms with E-state index in [0.717, 1.165) is 30.9 Å². The van der Waals surface area contributed by atoms with Crippen LogP contribution in [0.25, 0.3) is 11.4 Å². The van der Waals surface area contributed by atoms with Crippen LogP contribution in [0.5, 0.6) is 0 Å². The number of fused-ring (bicyclic) bond motifs is 1. The number of hydrogen-bond acceptors (Lipinski definition) is 3. The van der Waals surface area contributed by atoms with Crippen molar-refractivity contribution >= 4 is 0 Å². The Morgan fingerprint density at radius 1 is 1.15 bits per heavy atom. The Hall–Kier alpha value is -1.74. The molecule has 1 aromatic carbocycles. The molecule has 1 N–H and O–H groups in total. The van der Waals surface area contributed by atoms with Gasteiger partial charge in [-0.2, -0.15) is 0 Å². The molecule has 0 bridgehead atoms. The van der Waals surface area contributed by atoms with Gasteiger partial charge in [0.25, 0.3) is 0 Å². The molecule has 0 atom stereocenters. The number of nitrogens with one attached hydrogen (secondary N) is 1. The van der Waals surface area contributed by atoms with Gasteiger partial charge in [0.05, 0.1) is 11.4 Å². The van der Waals surface area contributed by atoms with E-state index in [9.17, 15) is 0 Å². The summed E-state index contributed by atoms with van der Waals surface area (Å²) in [5.41, 5.74) is 6.11. The minimum atomic E-state index is 0.425. The molecule has 3 heteroatoms. The molecule has 0 saturated heterocycles. The van der Waals surface area contributed by atoms with Crippen LogP contribution < -0.4 is 5.32 Å². The second-order valence-electron chi connectivity index (χ2n) is 5.75. The van der Waals surface area contributed by atoms with E-state index >= 15 is 0 Å². The van der Waals surface area contributed by atoms with E-state index in [-0.39, 0.29) is 0 Å². The molecule has 1 aromatic heterocycles. The van der Waals surface area contributed by atoms with E-state index in [1.165, 1.54) is 22.5 Å². The lowest BCUT2D eigenvalue weighted by Gasteiger charge is -2.22. The third-order valence-electron chi connectivity index (χ3n) is 3.90. The van der Waals surface area contributed by atoms with E-state index in [4.69, 9.17) is 9.97 Å². The van der Waals surface area contributed by atoms with Gasteiger partial charge in [-0.25, -0.2) is 9.97 Å². The second kappa shape index (κ2) is 5.33. The summed E-state index contributed by atoms with van der Waals surface area (Å²) >= 11 is 0. The molecule has 3 rings (SSSR count). The number of aromatic nitrogens is 2. The number of rotatable bonds is 2. The average Bonchev–Trinajstić information content (AvgIpc) is 2.46. The third-order valence-corrected chi connectivity index (χ3v) is 3.90. The molecule has 3 nitrogen and oxygen atoms in total. The van der Waals surface area contributed by atoms with Crippen molar-refractivity contribution in [2.45, 2.75) is 39.7 Å². The summed E-state index contributed by atoms with van der Waals surface area (Å²) in [6.45, 7) is 8.44. The molecular weight excluding hydrogens is 246 g/mol. The Balaban J connectivity index is 2.18. The molecule has 0 aliphatic carbocycles. The molecule has 0 unspecified atom stereocenters. The third kappa shape index (κ3) is 2.34. The van der Waals surface area contributed by atoms with Crippen molar-refractivity contribution < 1.29 is 0 Å². The number of hydrogen-bond donors (Lipinski definition) is 1. The lowest BCUT2D eigenvalue weighted by Crippen LogP contribution is -2.27. The van der Waals surface area contributed by atoms with Crippen molar-refractivity contribution in [1.82, 2.24) is 15.3 Å². The lowest BCUT2D eigenvalue weighted by molar-refractivity contribution is 0.609. The van der Waals surface area contributed by atoms with E-state index in [0.29, 0.717) is 5.92 Å². The Morgan fingerprint density at radius 3 is 2.70 bits per heavy atom. The highest BCUT2D eigenvalue weighted by Crippen LogP contribution is 2.27. The van der Waals surface area contributed by atoms with Crippen molar-refractivity contribution in [2.24, 2.45) is 0 Å². The van der Waals surface area contributed by atoms with Gasteiger partial charge < -0.3 is 5.32 Å². The Labute approximate surface area is 120 Å². The molecular formula is C17H21N3. The summed E-state index contributed by atoms with van der Waals surface area (Å²) in [4.78, 5) is 9.70. The first kappa shape index (κ1) is 13.3. The van der Waals surface area contributed by atoms with Gasteiger partial charge in [-0.1, -0.05) is 38.1 Å². The molecule has 0 amide bonds. The maximum atomic E-state index is 4.87. The van der Waals surface area contributed by atoms with Crippen LogP contribution in [0.4, 0.5) is 0 Å². The average molecular weight is 267 g/mol. The SMILES string of the molecule is Cc1ccccc1-c1nc2c(c(C(C)C)n1)CNCC2. The fourth-order valence-electron chi connectivity index (χ4n) is 2.79. The summed E-state index contributed by atoms with van der Waals surface area (Å²) < 4.78 is 0. The van der Waals surface area contributed by atoms with Crippen LogP contribution in [0.1, 0.15) is 42.3 Å². The highest BCUT2D eigenvalue weighted by atomic mass is 15.0. The Bertz CT molecular complexity index is 632. The molecule has 0 saturated carbocycles.